The number of methoxy groups -OCH3 is 1. The van der Waals surface area contributed by atoms with Gasteiger partial charge in [-0.3, -0.25) is 0 Å². The molecular weight excluding hydrogens is 287 g/mol. The first-order valence-corrected chi connectivity index (χ1v) is 6.90. The van der Waals surface area contributed by atoms with E-state index in [4.69, 9.17) is 16.3 Å². The highest BCUT2D eigenvalue weighted by Gasteiger charge is 2.33. The topological polar surface area (TPSA) is 9.23 Å². The number of halogens is 2. The van der Waals surface area contributed by atoms with Gasteiger partial charge in [-0.05, 0) is 42.9 Å². The molecule has 0 aliphatic heterocycles. The molecule has 1 saturated carbocycles. The van der Waals surface area contributed by atoms with Crippen molar-refractivity contribution in [3.05, 3.63) is 28.8 Å². The van der Waals surface area contributed by atoms with Gasteiger partial charge in [-0.15, -0.1) is 0 Å². The molecule has 0 bridgehead atoms. The highest BCUT2D eigenvalue weighted by atomic mass is 79.9. The van der Waals surface area contributed by atoms with Crippen molar-refractivity contribution in [3.63, 3.8) is 0 Å². The molecule has 2 rings (SSSR count). The van der Waals surface area contributed by atoms with Crippen LogP contribution in [0.1, 0.15) is 30.2 Å². The highest BCUT2D eigenvalue weighted by molar-refractivity contribution is 9.09. The van der Waals surface area contributed by atoms with E-state index in [-0.39, 0.29) is 0 Å². The van der Waals surface area contributed by atoms with Crippen molar-refractivity contribution < 1.29 is 4.74 Å². The van der Waals surface area contributed by atoms with Gasteiger partial charge in [-0.2, -0.15) is 0 Å². The molecule has 1 nitrogen and oxygen atoms in total. The quantitative estimate of drug-likeness (QED) is 0.724. The zero-order valence-corrected chi connectivity index (χ0v) is 11.9. The third kappa shape index (κ3) is 2.54. The first kappa shape index (κ1) is 12.3. The summed E-state index contributed by atoms with van der Waals surface area (Å²) in [5.41, 5.74) is 1.16. The molecule has 0 radical (unpaired) electrons. The Labute approximate surface area is 110 Å². The van der Waals surface area contributed by atoms with Crippen LogP contribution in [0.5, 0.6) is 5.75 Å². The van der Waals surface area contributed by atoms with Crippen molar-refractivity contribution in [1.29, 1.82) is 0 Å². The number of ether oxygens (including phenoxy) is 1. The molecule has 1 aliphatic carbocycles. The van der Waals surface area contributed by atoms with Crippen LogP contribution in [0.4, 0.5) is 0 Å². The first-order chi connectivity index (χ1) is 7.63. The van der Waals surface area contributed by atoms with Crippen LogP contribution in [0.3, 0.4) is 0 Å². The Morgan fingerprint density at radius 2 is 2.12 bits per heavy atom. The largest absolute Gasteiger partial charge is 0.496 e. The molecule has 1 aliphatic rings. The lowest BCUT2D eigenvalue weighted by Crippen LogP contribution is -2.07. The number of benzene rings is 1. The molecule has 0 spiro atoms. The lowest BCUT2D eigenvalue weighted by molar-refractivity contribution is 0.401. The van der Waals surface area contributed by atoms with E-state index in [1.807, 2.05) is 18.2 Å². The van der Waals surface area contributed by atoms with Gasteiger partial charge in [0.05, 0.1) is 7.11 Å². The fraction of sp³-hybridized carbons (Fsp3) is 0.538. The molecule has 0 amide bonds. The zero-order chi connectivity index (χ0) is 11.7. The fourth-order valence-corrected chi connectivity index (χ4v) is 3.03. The minimum Gasteiger partial charge on any atom is -0.496 e. The van der Waals surface area contributed by atoms with Crippen LogP contribution >= 0.6 is 27.5 Å². The third-order valence-corrected chi connectivity index (χ3v) is 4.88. The van der Waals surface area contributed by atoms with Gasteiger partial charge >= 0.3 is 0 Å². The molecule has 1 aromatic carbocycles. The van der Waals surface area contributed by atoms with Crippen molar-refractivity contribution in [2.45, 2.75) is 24.6 Å². The van der Waals surface area contributed by atoms with Gasteiger partial charge in [0.1, 0.15) is 5.75 Å². The second-order valence-corrected chi connectivity index (χ2v) is 5.91. The van der Waals surface area contributed by atoms with E-state index in [9.17, 15) is 0 Å². The Hall–Kier alpha value is -0.210. The van der Waals surface area contributed by atoms with Crippen molar-refractivity contribution in [3.8, 4) is 5.75 Å². The standard InChI is InChI=1S/C13H16BrClO/c1-8(9-3-4-9)13(14)11-7-10(15)5-6-12(11)16-2/h5-9,13H,3-4H2,1-2H3. The molecule has 0 aromatic heterocycles. The average molecular weight is 304 g/mol. The number of alkyl halides is 1. The van der Waals surface area contributed by atoms with Gasteiger partial charge in [0.15, 0.2) is 0 Å². The number of rotatable bonds is 4. The van der Waals surface area contributed by atoms with E-state index in [0.29, 0.717) is 10.7 Å². The molecule has 1 aromatic rings. The second kappa shape index (κ2) is 4.97. The van der Waals surface area contributed by atoms with Gasteiger partial charge in [0.25, 0.3) is 0 Å². The van der Waals surface area contributed by atoms with E-state index in [2.05, 4.69) is 22.9 Å². The fourth-order valence-electron chi connectivity index (χ4n) is 2.06. The van der Waals surface area contributed by atoms with Crippen molar-refractivity contribution in [1.82, 2.24) is 0 Å². The number of hydrogen-bond acceptors (Lipinski definition) is 1. The summed E-state index contributed by atoms with van der Waals surface area (Å²) in [7, 11) is 1.70. The third-order valence-electron chi connectivity index (χ3n) is 3.32. The summed E-state index contributed by atoms with van der Waals surface area (Å²) in [4.78, 5) is 0.327. The predicted molar refractivity (Wildman–Crippen MR) is 71.6 cm³/mol. The Kier molecular flexibility index (Phi) is 3.81. The summed E-state index contributed by atoms with van der Waals surface area (Å²) in [6, 6.07) is 5.80. The Morgan fingerprint density at radius 3 is 2.69 bits per heavy atom. The lowest BCUT2D eigenvalue weighted by atomic mass is 9.96. The van der Waals surface area contributed by atoms with Crippen molar-refractivity contribution in [2.75, 3.05) is 7.11 Å². The van der Waals surface area contributed by atoms with E-state index in [1.54, 1.807) is 7.11 Å². The monoisotopic (exact) mass is 302 g/mol. The smallest absolute Gasteiger partial charge is 0.123 e. The predicted octanol–water partition coefficient (Wildman–Crippen LogP) is 4.83. The summed E-state index contributed by atoms with van der Waals surface area (Å²) >= 11 is 9.82. The Morgan fingerprint density at radius 1 is 1.44 bits per heavy atom. The summed E-state index contributed by atoms with van der Waals surface area (Å²) < 4.78 is 5.38. The molecule has 0 N–H and O–H groups in total. The SMILES string of the molecule is COc1ccc(Cl)cc1C(Br)C(C)C1CC1. The van der Waals surface area contributed by atoms with Crippen LogP contribution in [0.2, 0.25) is 5.02 Å². The Bertz CT molecular complexity index is 376. The van der Waals surface area contributed by atoms with E-state index in [1.165, 1.54) is 12.8 Å². The molecule has 16 heavy (non-hydrogen) atoms. The van der Waals surface area contributed by atoms with Crippen LogP contribution in [0.15, 0.2) is 18.2 Å². The maximum Gasteiger partial charge on any atom is 0.123 e. The maximum absolute atomic E-state index is 6.04. The molecule has 0 saturated heterocycles. The lowest BCUT2D eigenvalue weighted by Gasteiger charge is -2.20. The minimum absolute atomic E-state index is 0.327. The van der Waals surface area contributed by atoms with Crippen LogP contribution in [0.25, 0.3) is 0 Å². The average Bonchev–Trinajstić information content (AvgIpc) is 3.11. The normalized spacial score (nSPS) is 19.2. The minimum atomic E-state index is 0.327. The molecular formula is C13H16BrClO. The van der Waals surface area contributed by atoms with Crippen LogP contribution in [-0.4, -0.2) is 7.11 Å². The van der Waals surface area contributed by atoms with Crippen molar-refractivity contribution in [2.24, 2.45) is 11.8 Å². The van der Waals surface area contributed by atoms with Crippen molar-refractivity contribution >= 4 is 27.5 Å². The molecule has 3 heteroatoms. The molecule has 0 heterocycles. The molecule has 88 valence electrons. The summed E-state index contributed by atoms with van der Waals surface area (Å²) in [6.45, 7) is 2.29. The molecule has 2 unspecified atom stereocenters. The number of hydrogen-bond donors (Lipinski definition) is 0. The van der Waals surface area contributed by atoms with Gasteiger partial charge < -0.3 is 4.74 Å². The second-order valence-electron chi connectivity index (χ2n) is 4.48. The van der Waals surface area contributed by atoms with Crippen LogP contribution in [0, 0.1) is 11.8 Å². The maximum atomic E-state index is 6.04. The highest BCUT2D eigenvalue weighted by Crippen LogP contribution is 2.48. The van der Waals surface area contributed by atoms with Gasteiger partial charge in [0.2, 0.25) is 0 Å². The van der Waals surface area contributed by atoms with E-state index >= 15 is 0 Å². The van der Waals surface area contributed by atoms with Crippen LogP contribution in [-0.2, 0) is 0 Å². The Balaban J connectivity index is 2.26. The summed E-state index contributed by atoms with van der Waals surface area (Å²) in [6.07, 6.45) is 2.71. The van der Waals surface area contributed by atoms with E-state index < -0.39 is 0 Å². The molecule has 1 fully saturated rings. The summed E-state index contributed by atoms with van der Waals surface area (Å²) in [5.74, 6) is 2.40. The first-order valence-electron chi connectivity index (χ1n) is 5.61. The summed E-state index contributed by atoms with van der Waals surface area (Å²) in [5, 5.41) is 0.767. The van der Waals surface area contributed by atoms with Gasteiger partial charge in [-0.1, -0.05) is 34.5 Å². The zero-order valence-electron chi connectivity index (χ0n) is 9.54. The van der Waals surface area contributed by atoms with Gasteiger partial charge in [0, 0.05) is 15.4 Å². The molecule has 2 atom stereocenters. The van der Waals surface area contributed by atoms with Gasteiger partial charge in [-0.25, -0.2) is 0 Å². The van der Waals surface area contributed by atoms with Crippen LogP contribution < -0.4 is 4.74 Å². The van der Waals surface area contributed by atoms with E-state index in [0.717, 1.165) is 22.3 Å².